The van der Waals surface area contributed by atoms with Crippen molar-refractivity contribution in [3.8, 4) is 56.4 Å². The number of fused-ring (bicyclic) bond motifs is 10. The van der Waals surface area contributed by atoms with E-state index in [9.17, 15) is 0 Å². The highest BCUT2D eigenvalue weighted by Crippen LogP contribution is 2.53. The van der Waals surface area contributed by atoms with Gasteiger partial charge in [-0.3, -0.25) is 0 Å². The van der Waals surface area contributed by atoms with Crippen LogP contribution < -0.4 is 0 Å². The minimum absolute atomic E-state index is 0.623. The third-order valence-corrected chi connectivity index (χ3v) is 10.8. The number of furan rings is 1. The fraction of sp³-hybridized carbons (Fsp3) is 0. The second-order valence-corrected chi connectivity index (χ2v) is 13.4. The number of aromatic nitrogens is 3. The zero-order chi connectivity index (χ0) is 31.3. The number of rotatable bonds is 3. The standard InChI is InChI=1S/C43H23N3OS/c1-2-10-25(11-3-1)41-44-42(26-20-21-28-27-14-5-7-19-35(27)48-36(28)22-26)46-43(45-41)33-23-32-29-16-8-12-24-13-9-17-31(37(24)29)39(32)40-38(33)30-15-4-6-18-34(30)47-40/h1-23H. The van der Waals surface area contributed by atoms with Crippen molar-refractivity contribution in [3.63, 3.8) is 0 Å². The van der Waals surface area contributed by atoms with Crippen molar-refractivity contribution in [2.24, 2.45) is 0 Å². The number of nitrogens with zero attached hydrogens (tertiary/aromatic N) is 3. The van der Waals surface area contributed by atoms with Crippen molar-refractivity contribution >= 4 is 64.2 Å². The van der Waals surface area contributed by atoms with Crippen LogP contribution in [0.2, 0.25) is 0 Å². The highest BCUT2D eigenvalue weighted by atomic mass is 32.1. The molecule has 0 unspecified atom stereocenters. The molecule has 0 spiro atoms. The van der Waals surface area contributed by atoms with E-state index in [-0.39, 0.29) is 0 Å². The van der Waals surface area contributed by atoms with Crippen LogP contribution in [0.5, 0.6) is 0 Å². The van der Waals surface area contributed by atoms with E-state index in [4.69, 9.17) is 19.4 Å². The maximum atomic E-state index is 6.76. The third-order valence-electron chi connectivity index (χ3n) is 9.66. The summed E-state index contributed by atoms with van der Waals surface area (Å²) in [6.07, 6.45) is 0. The van der Waals surface area contributed by atoms with Crippen LogP contribution in [0.25, 0.3) is 109 Å². The average Bonchev–Trinajstić information content (AvgIpc) is 3.82. The zero-order valence-corrected chi connectivity index (χ0v) is 26.3. The number of hydrogen-bond donors (Lipinski definition) is 0. The molecule has 222 valence electrons. The molecule has 0 saturated carbocycles. The highest BCUT2D eigenvalue weighted by Gasteiger charge is 2.29. The first-order valence-electron chi connectivity index (χ1n) is 16.0. The summed E-state index contributed by atoms with van der Waals surface area (Å²) in [5.41, 5.74) is 9.21. The highest BCUT2D eigenvalue weighted by molar-refractivity contribution is 7.25. The number of hydrogen-bond acceptors (Lipinski definition) is 5. The maximum Gasteiger partial charge on any atom is 0.164 e. The molecule has 11 rings (SSSR count). The van der Waals surface area contributed by atoms with Crippen LogP contribution >= 0.6 is 11.3 Å². The zero-order valence-electron chi connectivity index (χ0n) is 25.4. The first-order chi connectivity index (χ1) is 23.8. The Labute approximate surface area is 278 Å². The maximum absolute atomic E-state index is 6.76. The largest absolute Gasteiger partial charge is 0.455 e. The molecule has 0 fully saturated rings. The molecule has 48 heavy (non-hydrogen) atoms. The van der Waals surface area contributed by atoms with Gasteiger partial charge in [-0.15, -0.1) is 11.3 Å². The summed E-state index contributed by atoms with van der Waals surface area (Å²) in [7, 11) is 0. The molecular weight excluding hydrogens is 607 g/mol. The molecule has 0 saturated heterocycles. The van der Waals surface area contributed by atoms with Gasteiger partial charge in [-0.05, 0) is 51.7 Å². The molecule has 0 bridgehead atoms. The molecule has 7 aromatic carbocycles. The first kappa shape index (κ1) is 26.0. The Bertz CT molecular complexity index is 2950. The Kier molecular flexibility index (Phi) is 5.23. The fourth-order valence-electron chi connectivity index (χ4n) is 7.54. The molecule has 0 amide bonds. The van der Waals surface area contributed by atoms with Gasteiger partial charge in [0.05, 0.1) is 0 Å². The van der Waals surface area contributed by atoms with Crippen LogP contribution in [-0.2, 0) is 0 Å². The van der Waals surface area contributed by atoms with E-state index < -0.39 is 0 Å². The number of thiophene rings is 1. The lowest BCUT2D eigenvalue weighted by Crippen LogP contribution is -2.00. The van der Waals surface area contributed by atoms with Crippen molar-refractivity contribution in [2.75, 3.05) is 0 Å². The molecule has 0 atom stereocenters. The molecule has 0 radical (unpaired) electrons. The van der Waals surface area contributed by atoms with Gasteiger partial charge in [0.2, 0.25) is 0 Å². The van der Waals surface area contributed by atoms with Crippen LogP contribution in [-0.4, -0.2) is 15.0 Å². The Morgan fingerprint density at radius 3 is 2.02 bits per heavy atom. The molecule has 3 aromatic heterocycles. The van der Waals surface area contributed by atoms with E-state index in [1.165, 1.54) is 42.1 Å². The molecule has 4 nitrogen and oxygen atoms in total. The summed E-state index contributed by atoms with van der Waals surface area (Å²) < 4.78 is 9.24. The van der Waals surface area contributed by atoms with Crippen molar-refractivity contribution < 1.29 is 4.42 Å². The van der Waals surface area contributed by atoms with Crippen molar-refractivity contribution in [3.05, 3.63) is 140 Å². The smallest absolute Gasteiger partial charge is 0.164 e. The van der Waals surface area contributed by atoms with E-state index in [1.807, 2.05) is 30.3 Å². The molecule has 0 aliphatic heterocycles. The lowest BCUT2D eigenvalue weighted by atomic mass is 9.95. The summed E-state index contributed by atoms with van der Waals surface area (Å²) in [6.45, 7) is 0. The van der Waals surface area contributed by atoms with E-state index >= 15 is 0 Å². The van der Waals surface area contributed by atoms with Gasteiger partial charge in [-0.25, -0.2) is 15.0 Å². The molecule has 1 aliphatic rings. The number of benzene rings is 7. The topological polar surface area (TPSA) is 51.8 Å². The van der Waals surface area contributed by atoms with E-state index in [0.29, 0.717) is 17.5 Å². The van der Waals surface area contributed by atoms with E-state index in [0.717, 1.165) is 49.8 Å². The molecule has 10 aromatic rings. The quantitative estimate of drug-likeness (QED) is 0.195. The van der Waals surface area contributed by atoms with Gasteiger partial charge in [0.25, 0.3) is 0 Å². The SMILES string of the molecule is c1ccc(-c2nc(-c3ccc4c(c3)sc3ccccc34)nc(-c3cc4c(c5oc6ccccc6c35)-c3cccc5cccc-4c35)n2)cc1. The van der Waals surface area contributed by atoms with Crippen LogP contribution in [0.4, 0.5) is 0 Å². The van der Waals surface area contributed by atoms with Crippen molar-refractivity contribution in [2.45, 2.75) is 0 Å². The minimum atomic E-state index is 0.623. The fourth-order valence-corrected chi connectivity index (χ4v) is 8.68. The lowest BCUT2D eigenvalue weighted by Gasteiger charge is -2.12. The molecule has 5 heteroatoms. The van der Waals surface area contributed by atoms with Crippen molar-refractivity contribution in [1.82, 2.24) is 15.0 Å². The third kappa shape index (κ3) is 3.62. The van der Waals surface area contributed by atoms with E-state index in [2.05, 4.69) is 109 Å². The minimum Gasteiger partial charge on any atom is -0.455 e. The normalized spacial score (nSPS) is 12.2. The summed E-state index contributed by atoms with van der Waals surface area (Å²) in [4.78, 5) is 15.5. The predicted molar refractivity (Wildman–Crippen MR) is 198 cm³/mol. The van der Waals surface area contributed by atoms with Gasteiger partial charge in [-0.2, -0.15) is 0 Å². The summed E-state index contributed by atoms with van der Waals surface area (Å²) in [5.74, 6) is 1.90. The molecule has 3 heterocycles. The van der Waals surface area contributed by atoms with Crippen molar-refractivity contribution in [1.29, 1.82) is 0 Å². The van der Waals surface area contributed by atoms with Gasteiger partial charge in [-0.1, -0.05) is 115 Å². The van der Waals surface area contributed by atoms with Gasteiger partial charge >= 0.3 is 0 Å². The predicted octanol–water partition coefficient (Wildman–Crippen LogP) is 11.9. The molecule has 0 N–H and O–H groups in total. The van der Waals surface area contributed by atoms with Crippen LogP contribution in [0.3, 0.4) is 0 Å². The summed E-state index contributed by atoms with van der Waals surface area (Å²) in [6, 6.07) is 48.9. The second-order valence-electron chi connectivity index (χ2n) is 12.3. The summed E-state index contributed by atoms with van der Waals surface area (Å²) in [5, 5.41) is 7.06. The lowest BCUT2D eigenvalue weighted by molar-refractivity contribution is 0.670. The molecule has 1 aliphatic carbocycles. The second kappa shape index (κ2) is 9.67. The van der Waals surface area contributed by atoms with Gasteiger partial charge < -0.3 is 4.42 Å². The monoisotopic (exact) mass is 629 g/mol. The number of para-hydroxylation sites is 1. The van der Waals surface area contributed by atoms with Crippen LogP contribution in [0.15, 0.2) is 144 Å². The Hall–Kier alpha value is -6.17. The average molecular weight is 630 g/mol. The Morgan fingerprint density at radius 2 is 1.15 bits per heavy atom. The van der Waals surface area contributed by atoms with Gasteiger partial charge in [0, 0.05) is 53.2 Å². The molecular formula is C43H23N3OS. The van der Waals surface area contributed by atoms with Gasteiger partial charge in [0.15, 0.2) is 17.5 Å². The summed E-state index contributed by atoms with van der Waals surface area (Å²) >= 11 is 1.80. The van der Waals surface area contributed by atoms with Crippen LogP contribution in [0, 0.1) is 0 Å². The van der Waals surface area contributed by atoms with E-state index in [1.54, 1.807) is 11.3 Å². The Morgan fingerprint density at radius 1 is 0.438 bits per heavy atom. The van der Waals surface area contributed by atoms with Gasteiger partial charge in [0.1, 0.15) is 11.2 Å². The van der Waals surface area contributed by atoms with Crippen LogP contribution in [0.1, 0.15) is 0 Å². The Balaban J connectivity index is 1.23. The first-order valence-corrected chi connectivity index (χ1v) is 16.8.